The van der Waals surface area contributed by atoms with Gasteiger partial charge in [-0.15, -0.1) is 24.8 Å². The van der Waals surface area contributed by atoms with Crippen LogP contribution < -0.4 is 0 Å². The van der Waals surface area contributed by atoms with E-state index in [0.717, 1.165) is 0 Å². The molecule has 0 bridgehead atoms. The maximum atomic E-state index is 11.0. The van der Waals surface area contributed by atoms with Crippen molar-refractivity contribution in [1.29, 1.82) is 0 Å². The Kier molecular flexibility index (Phi) is 7.36. The van der Waals surface area contributed by atoms with Gasteiger partial charge in [-0.05, 0) is 0 Å². The Morgan fingerprint density at radius 1 is 1.47 bits per heavy atom. The molecule has 15 heavy (non-hydrogen) atoms. The number of alkyl halides is 1. The summed E-state index contributed by atoms with van der Waals surface area (Å²) in [6.45, 7) is 8.25. The maximum absolute atomic E-state index is 11.0. The van der Waals surface area contributed by atoms with Gasteiger partial charge in [0, 0.05) is 13.1 Å². The third kappa shape index (κ3) is 5.22. The number of amides is 1. The summed E-state index contributed by atoms with van der Waals surface area (Å²) >= 11 is 5.34. The van der Waals surface area contributed by atoms with Crippen LogP contribution in [0.25, 0.3) is 0 Å². The van der Waals surface area contributed by atoms with Crippen LogP contribution in [0.3, 0.4) is 0 Å². The number of methoxy groups -OCH3 is 1. The minimum Gasteiger partial charge on any atom is -0.468 e. The highest BCUT2D eigenvalue weighted by atomic mass is 35.5. The smallest absolute Gasteiger partial charge is 0.295 e. The minimum atomic E-state index is -0.438. The predicted octanol–water partition coefficient (Wildman–Crippen LogP) is 1.43. The standard InChI is InChI=1S/C10H15ClN2O2/c1-4-6-13(7-5-2)10(15-3)12-9(14)8-11/h4-5H,1-2,6-8H2,3H3. The number of hydrogen-bond donors (Lipinski definition) is 0. The van der Waals surface area contributed by atoms with Crippen molar-refractivity contribution in [3.05, 3.63) is 25.3 Å². The van der Waals surface area contributed by atoms with Crippen LogP contribution in [0.4, 0.5) is 0 Å². The predicted molar refractivity (Wildman–Crippen MR) is 62.1 cm³/mol. The number of halogens is 1. The van der Waals surface area contributed by atoms with E-state index in [-0.39, 0.29) is 11.9 Å². The van der Waals surface area contributed by atoms with E-state index in [1.165, 1.54) is 7.11 Å². The molecule has 0 unspecified atom stereocenters. The van der Waals surface area contributed by atoms with Crippen LogP contribution in [0.2, 0.25) is 0 Å². The van der Waals surface area contributed by atoms with Gasteiger partial charge in [0.25, 0.3) is 11.9 Å². The van der Waals surface area contributed by atoms with Crippen LogP contribution in [0, 0.1) is 0 Å². The SMILES string of the molecule is C=CCN(CC=C)C(=NC(=O)CCl)OC. The zero-order valence-corrected chi connectivity index (χ0v) is 9.54. The number of carbonyl (C=O) groups excluding carboxylic acids is 1. The van der Waals surface area contributed by atoms with Crippen molar-refractivity contribution >= 4 is 23.5 Å². The molecule has 0 N–H and O–H groups in total. The van der Waals surface area contributed by atoms with E-state index in [4.69, 9.17) is 16.3 Å². The molecule has 0 heterocycles. The third-order valence-corrected chi connectivity index (χ3v) is 1.72. The molecular weight excluding hydrogens is 216 g/mol. The second-order valence-corrected chi connectivity index (χ2v) is 2.88. The van der Waals surface area contributed by atoms with E-state index < -0.39 is 5.91 Å². The molecule has 0 saturated heterocycles. The van der Waals surface area contributed by atoms with E-state index in [1.54, 1.807) is 17.1 Å². The van der Waals surface area contributed by atoms with Crippen LogP contribution >= 0.6 is 11.6 Å². The van der Waals surface area contributed by atoms with Gasteiger partial charge in [0.15, 0.2) is 0 Å². The van der Waals surface area contributed by atoms with Gasteiger partial charge in [-0.25, -0.2) is 0 Å². The van der Waals surface area contributed by atoms with Crippen LogP contribution in [0.1, 0.15) is 0 Å². The Bertz CT molecular complexity index is 254. The Morgan fingerprint density at radius 3 is 2.33 bits per heavy atom. The van der Waals surface area contributed by atoms with Gasteiger partial charge in [0.2, 0.25) is 0 Å². The number of carbonyl (C=O) groups is 1. The molecule has 0 rings (SSSR count). The van der Waals surface area contributed by atoms with Crippen molar-refractivity contribution in [2.45, 2.75) is 0 Å². The number of aliphatic imine (C=N–C) groups is 1. The second kappa shape index (κ2) is 8.05. The number of hydrogen-bond acceptors (Lipinski definition) is 2. The summed E-state index contributed by atoms with van der Waals surface area (Å²) in [5, 5.41) is 0. The third-order valence-electron chi connectivity index (χ3n) is 1.49. The van der Waals surface area contributed by atoms with Crippen LogP contribution in [-0.4, -0.2) is 42.9 Å². The topological polar surface area (TPSA) is 41.9 Å². The van der Waals surface area contributed by atoms with Gasteiger partial charge in [-0.2, -0.15) is 4.99 Å². The Morgan fingerprint density at radius 2 is 2.00 bits per heavy atom. The quantitative estimate of drug-likeness (QED) is 0.311. The first kappa shape index (κ1) is 13.7. The number of nitrogens with zero attached hydrogens (tertiary/aromatic N) is 2. The summed E-state index contributed by atoms with van der Waals surface area (Å²) in [6, 6.07) is 0.223. The first-order chi connectivity index (χ1) is 7.19. The molecule has 0 aliphatic carbocycles. The van der Waals surface area contributed by atoms with Crippen molar-refractivity contribution in [3.8, 4) is 0 Å². The van der Waals surface area contributed by atoms with Crippen molar-refractivity contribution in [1.82, 2.24) is 4.90 Å². The van der Waals surface area contributed by atoms with Crippen molar-refractivity contribution in [3.63, 3.8) is 0 Å². The molecule has 84 valence electrons. The Hall–Kier alpha value is -1.29. The lowest BCUT2D eigenvalue weighted by molar-refractivity contribution is -0.115. The van der Waals surface area contributed by atoms with Gasteiger partial charge in [0.1, 0.15) is 5.88 Å². The van der Waals surface area contributed by atoms with Gasteiger partial charge in [-0.3, -0.25) is 4.79 Å². The lowest BCUT2D eigenvalue weighted by atomic mass is 10.5. The molecule has 0 aromatic heterocycles. The fraction of sp³-hybridized carbons (Fsp3) is 0.400. The molecule has 0 aromatic rings. The molecule has 5 heteroatoms. The first-order valence-electron chi connectivity index (χ1n) is 4.37. The lowest BCUT2D eigenvalue weighted by Crippen LogP contribution is -2.33. The summed E-state index contributed by atoms with van der Waals surface area (Å²) in [5.41, 5.74) is 0. The van der Waals surface area contributed by atoms with Crippen LogP contribution in [0.15, 0.2) is 30.3 Å². The summed E-state index contributed by atoms with van der Waals surface area (Å²) in [4.78, 5) is 16.4. The summed E-state index contributed by atoms with van der Waals surface area (Å²) < 4.78 is 4.99. The van der Waals surface area contributed by atoms with Gasteiger partial charge in [-0.1, -0.05) is 12.2 Å². The average Bonchev–Trinajstić information content (AvgIpc) is 2.25. The Balaban J connectivity index is 4.70. The van der Waals surface area contributed by atoms with E-state index in [9.17, 15) is 4.79 Å². The normalized spacial score (nSPS) is 10.7. The summed E-state index contributed by atoms with van der Waals surface area (Å²) in [7, 11) is 1.44. The van der Waals surface area contributed by atoms with E-state index in [1.807, 2.05) is 0 Å². The fourth-order valence-electron chi connectivity index (χ4n) is 0.924. The van der Waals surface area contributed by atoms with Gasteiger partial charge >= 0.3 is 0 Å². The summed E-state index contributed by atoms with van der Waals surface area (Å²) in [6.07, 6.45) is 3.37. The van der Waals surface area contributed by atoms with E-state index >= 15 is 0 Å². The van der Waals surface area contributed by atoms with Gasteiger partial charge < -0.3 is 9.64 Å². The highest BCUT2D eigenvalue weighted by molar-refractivity contribution is 6.28. The first-order valence-corrected chi connectivity index (χ1v) is 4.91. The molecular formula is C10H15ClN2O2. The molecule has 0 aliphatic rings. The van der Waals surface area contributed by atoms with Crippen LogP contribution in [0.5, 0.6) is 0 Å². The molecule has 0 radical (unpaired) electrons. The Labute approximate surface area is 94.9 Å². The molecule has 0 aromatic carbocycles. The lowest BCUT2D eigenvalue weighted by Gasteiger charge is -2.20. The zero-order chi connectivity index (χ0) is 11.7. The molecule has 0 aliphatic heterocycles. The number of amidine groups is 1. The van der Waals surface area contributed by atoms with E-state index in [2.05, 4.69) is 18.2 Å². The highest BCUT2D eigenvalue weighted by Crippen LogP contribution is 1.96. The zero-order valence-electron chi connectivity index (χ0n) is 8.78. The summed E-state index contributed by atoms with van der Waals surface area (Å²) in [5.74, 6) is -0.602. The number of rotatable bonds is 5. The fourth-order valence-corrected chi connectivity index (χ4v) is 0.984. The maximum Gasteiger partial charge on any atom is 0.295 e. The van der Waals surface area contributed by atoms with Crippen molar-refractivity contribution in [2.75, 3.05) is 26.1 Å². The minimum absolute atomic E-state index is 0.164. The molecule has 1 amide bonds. The van der Waals surface area contributed by atoms with Crippen LogP contribution in [-0.2, 0) is 9.53 Å². The molecule has 0 atom stereocenters. The van der Waals surface area contributed by atoms with Gasteiger partial charge in [0.05, 0.1) is 7.11 Å². The molecule has 0 saturated carbocycles. The molecule has 0 fully saturated rings. The second-order valence-electron chi connectivity index (χ2n) is 2.61. The molecule has 0 spiro atoms. The van der Waals surface area contributed by atoms with Crippen molar-refractivity contribution < 1.29 is 9.53 Å². The monoisotopic (exact) mass is 230 g/mol. The number of ether oxygens (including phenoxy) is 1. The largest absolute Gasteiger partial charge is 0.468 e. The van der Waals surface area contributed by atoms with E-state index in [0.29, 0.717) is 13.1 Å². The highest BCUT2D eigenvalue weighted by Gasteiger charge is 2.10. The average molecular weight is 231 g/mol. The van der Waals surface area contributed by atoms with Crippen molar-refractivity contribution in [2.24, 2.45) is 4.99 Å². The molecule has 4 nitrogen and oxygen atoms in total.